The van der Waals surface area contributed by atoms with Crippen LogP contribution in [0.5, 0.6) is 0 Å². The topological polar surface area (TPSA) is 73.0 Å². The molecule has 4 rings (SSSR count). The lowest BCUT2D eigenvalue weighted by Gasteiger charge is -2.15. The summed E-state index contributed by atoms with van der Waals surface area (Å²) in [4.78, 5) is 30.7. The van der Waals surface area contributed by atoms with E-state index in [1.54, 1.807) is 22.4 Å². The molecule has 1 aromatic carbocycles. The Morgan fingerprint density at radius 2 is 2.04 bits per heavy atom. The zero-order valence-corrected chi connectivity index (χ0v) is 14.2. The van der Waals surface area contributed by atoms with Crippen LogP contribution < -0.4 is 5.56 Å². The van der Waals surface area contributed by atoms with Gasteiger partial charge in [-0.1, -0.05) is 18.2 Å². The molecule has 1 amide bonds. The summed E-state index contributed by atoms with van der Waals surface area (Å²) in [6.45, 7) is 3.30. The van der Waals surface area contributed by atoms with Crippen LogP contribution in [0.2, 0.25) is 0 Å². The number of pyridine rings is 1. The Bertz CT molecular complexity index is 1020. The van der Waals surface area contributed by atoms with Gasteiger partial charge in [0.15, 0.2) is 0 Å². The van der Waals surface area contributed by atoms with Gasteiger partial charge < -0.3 is 9.47 Å². The van der Waals surface area contributed by atoms with Gasteiger partial charge in [0.05, 0.1) is 11.2 Å². The Balaban J connectivity index is 1.87. The van der Waals surface area contributed by atoms with E-state index in [1.165, 1.54) is 6.33 Å². The van der Waals surface area contributed by atoms with Crippen molar-refractivity contribution in [1.82, 2.24) is 24.2 Å². The van der Waals surface area contributed by atoms with Crippen molar-refractivity contribution in [3.63, 3.8) is 0 Å². The summed E-state index contributed by atoms with van der Waals surface area (Å²) in [5.74, 6) is 0.844. The molecular formula is C18H19N5O2. The molecule has 1 aliphatic heterocycles. The number of carbonyl (C=O) groups is 1. The Kier molecular flexibility index (Phi) is 3.63. The van der Waals surface area contributed by atoms with Gasteiger partial charge in [0.25, 0.3) is 5.56 Å². The molecule has 0 saturated carbocycles. The molecule has 0 aliphatic carbocycles. The first-order chi connectivity index (χ1) is 12.1. The SMILES string of the molecule is CCN1C[C@@H](c2ncnn2-c2cc(=O)n(C)c3ccccc23)CC1=O. The average Bonchev–Trinajstić information content (AvgIpc) is 3.24. The fraction of sp³-hybridized carbons (Fsp3) is 0.333. The van der Waals surface area contributed by atoms with Crippen LogP contribution in [0.1, 0.15) is 25.1 Å². The van der Waals surface area contributed by atoms with Crippen LogP contribution in [0, 0.1) is 0 Å². The maximum absolute atomic E-state index is 12.4. The van der Waals surface area contributed by atoms with Crippen molar-refractivity contribution in [2.45, 2.75) is 19.3 Å². The summed E-state index contributed by atoms with van der Waals surface area (Å²) < 4.78 is 3.33. The third-order valence-corrected chi connectivity index (χ3v) is 4.90. The summed E-state index contributed by atoms with van der Waals surface area (Å²) in [6.07, 6.45) is 1.91. The third kappa shape index (κ3) is 2.43. The molecule has 1 atom stereocenters. The van der Waals surface area contributed by atoms with Crippen molar-refractivity contribution >= 4 is 16.8 Å². The molecule has 7 nitrogen and oxygen atoms in total. The quantitative estimate of drug-likeness (QED) is 0.725. The van der Waals surface area contributed by atoms with Gasteiger partial charge in [0.2, 0.25) is 5.91 Å². The van der Waals surface area contributed by atoms with E-state index in [2.05, 4.69) is 10.1 Å². The normalized spacial score (nSPS) is 17.6. The molecule has 25 heavy (non-hydrogen) atoms. The van der Waals surface area contributed by atoms with Crippen LogP contribution >= 0.6 is 0 Å². The Morgan fingerprint density at radius 3 is 2.80 bits per heavy atom. The van der Waals surface area contributed by atoms with Gasteiger partial charge in [-0.05, 0) is 13.0 Å². The van der Waals surface area contributed by atoms with Crippen LogP contribution in [0.25, 0.3) is 16.6 Å². The van der Waals surface area contributed by atoms with Crippen LogP contribution in [0.3, 0.4) is 0 Å². The van der Waals surface area contributed by atoms with Crippen molar-refractivity contribution < 1.29 is 4.79 Å². The average molecular weight is 337 g/mol. The summed E-state index contributed by atoms with van der Waals surface area (Å²) in [7, 11) is 1.76. The first-order valence-corrected chi connectivity index (χ1v) is 8.37. The van der Waals surface area contributed by atoms with E-state index in [9.17, 15) is 9.59 Å². The number of likely N-dealkylation sites (N-methyl/N-ethyl adjacent to an activating group) is 1. The number of amides is 1. The van der Waals surface area contributed by atoms with E-state index in [4.69, 9.17) is 0 Å². The van der Waals surface area contributed by atoms with Crippen LogP contribution in [-0.2, 0) is 11.8 Å². The highest BCUT2D eigenvalue weighted by molar-refractivity contribution is 5.87. The highest BCUT2D eigenvalue weighted by Crippen LogP contribution is 2.29. The van der Waals surface area contributed by atoms with Crippen molar-refractivity contribution in [2.75, 3.05) is 13.1 Å². The lowest BCUT2D eigenvalue weighted by atomic mass is 10.1. The van der Waals surface area contributed by atoms with E-state index in [0.717, 1.165) is 16.7 Å². The first kappa shape index (κ1) is 15.6. The number of para-hydroxylation sites is 1. The number of nitrogens with zero attached hydrogens (tertiary/aromatic N) is 5. The number of hydrogen-bond acceptors (Lipinski definition) is 4. The first-order valence-electron chi connectivity index (χ1n) is 8.37. The molecule has 3 aromatic rings. The number of aryl methyl sites for hydroxylation is 1. The molecule has 7 heteroatoms. The van der Waals surface area contributed by atoms with Gasteiger partial charge in [0, 0.05) is 43.9 Å². The molecule has 1 aliphatic rings. The van der Waals surface area contributed by atoms with E-state index in [1.807, 2.05) is 36.1 Å². The van der Waals surface area contributed by atoms with Crippen molar-refractivity contribution in [3.05, 3.63) is 52.8 Å². The van der Waals surface area contributed by atoms with Gasteiger partial charge in [-0.25, -0.2) is 9.67 Å². The van der Waals surface area contributed by atoms with E-state index < -0.39 is 0 Å². The highest BCUT2D eigenvalue weighted by Gasteiger charge is 2.33. The molecule has 0 N–H and O–H groups in total. The standard InChI is InChI=1S/C18H19N5O2/c1-3-22-10-12(8-17(22)25)18-19-11-20-23(18)15-9-16(24)21(2)14-7-5-4-6-13(14)15/h4-7,9,11-12H,3,8,10H2,1-2H3/t12-/m0/s1. The largest absolute Gasteiger partial charge is 0.342 e. The predicted molar refractivity (Wildman–Crippen MR) is 93.7 cm³/mol. The molecule has 3 heterocycles. The van der Waals surface area contributed by atoms with Crippen molar-refractivity contribution in [2.24, 2.45) is 7.05 Å². The monoisotopic (exact) mass is 337 g/mol. The van der Waals surface area contributed by atoms with Crippen molar-refractivity contribution in [3.8, 4) is 5.69 Å². The summed E-state index contributed by atoms with van der Waals surface area (Å²) in [5.41, 5.74) is 1.44. The summed E-state index contributed by atoms with van der Waals surface area (Å²) in [6, 6.07) is 9.30. The van der Waals surface area contributed by atoms with E-state index in [-0.39, 0.29) is 17.4 Å². The lowest BCUT2D eigenvalue weighted by Crippen LogP contribution is -2.24. The summed E-state index contributed by atoms with van der Waals surface area (Å²) in [5, 5.41) is 5.28. The van der Waals surface area contributed by atoms with Gasteiger partial charge in [-0.3, -0.25) is 9.59 Å². The van der Waals surface area contributed by atoms with Gasteiger partial charge in [0.1, 0.15) is 12.2 Å². The van der Waals surface area contributed by atoms with Gasteiger partial charge >= 0.3 is 0 Å². The predicted octanol–water partition coefficient (Wildman–Crippen LogP) is 1.45. The molecule has 128 valence electrons. The minimum atomic E-state index is -0.104. The minimum Gasteiger partial charge on any atom is -0.342 e. The molecule has 0 unspecified atom stereocenters. The second kappa shape index (κ2) is 5.84. The number of carbonyl (C=O) groups excluding carboxylic acids is 1. The van der Waals surface area contributed by atoms with Crippen LogP contribution in [0.4, 0.5) is 0 Å². The molecule has 1 fully saturated rings. The minimum absolute atomic E-state index is 0.0160. The maximum Gasteiger partial charge on any atom is 0.252 e. The number of aromatic nitrogens is 4. The Labute approximate surface area is 144 Å². The van der Waals surface area contributed by atoms with Gasteiger partial charge in [-0.2, -0.15) is 5.10 Å². The molecule has 2 aromatic heterocycles. The highest BCUT2D eigenvalue weighted by atomic mass is 16.2. The van der Waals surface area contributed by atoms with Crippen molar-refractivity contribution in [1.29, 1.82) is 0 Å². The van der Waals surface area contributed by atoms with E-state index in [0.29, 0.717) is 25.2 Å². The van der Waals surface area contributed by atoms with Gasteiger partial charge in [-0.15, -0.1) is 0 Å². The second-order valence-corrected chi connectivity index (χ2v) is 6.31. The Morgan fingerprint density at radius 1 is 1.24 bits per heavy atom. The second-order valence-electron chi connectivity index (χ2n) is 6.31. The van der Waals surface area contributed by atoms with E-state index >= 15 is 0 Å². The molecular weight excluding hydrogens is 318 g/mol. The molecule has 0 bridgehead atoms. The lowest BCUT2D eigenvalue weighted by molar-refractivity contribution is -0.127. The Hall–Kier alpha value is -2.96. The fourth-order valence-corrected chi connectivity index (χ4v) is 3.53. The number of benzene rings is 1. The third-order valence-electron chi connectivity index (χ3n) is 4.90. The zero-order valence-electron chi connectivity index (χ0n) is 14.2. The summed E-state index contributed by atoms with van der Waals surface area (Å²) >= 11 is 0. The number of rotatable bonds is 3. The maximum atomic E-state index is 12.4. The molecule has 1 saturated heterocycles. The number of fused-ring (bicyclic) bond motifs is 1. The van der Waals surface area contributed by atoms with Crippen LogP contribution in [-0.4, -0.2) is 43.2 Å². The fourth-order valence-electron chi connectivity index (χ4n) is 3.53. The van der Waals surface area contributed by atoms with Crippen LogP contribution in [0.15, 0.2) is 41.5 Å². The smallest absolute Gasteiger partial charge is 0.252 e. The zero-order chi connectivity index (χ0) is 17.6. The number of likely N-dealkylation sites (tertiary alicyclic amines) is 1. The number of hydrogen-bond donors (Lipinski definition) is 0. The molecule has 0 spiro atoms. The molecule has 0 radical (unpaired) electrons.